The summed E-state index contributed by atoms with van der Waals surface area (Å²) in [6.45, 7) is 2.11. The molecule has 3 rings (SSSR count). The Balaban J connectivity index is 1.65. The van der Waals surface area contributed by atoms with Crippen LogP contribution in [-0.2, 0) is 0 Å². The van der Waals surface area contributed by atoms with Gasteiger partial charge in [0, 0.05) is 32.2 Å². The minimum atomic E-state index is -0.821. The number of rotatable bonds is 2. The topological polar surface area (TPSA) is 43.8 Å². The van der Waals surface area contributed by atoms with Gasteiger partial charge in [-0.05, 0) is 31.4 Å². The Morgan fingerprint density at radius 2 is 1.73 bits per heavy atom. The van der Waals surface area contributed by atoms with E-state index in [9.17, 15) is 18.7 Å². The molecule has 1 heterocycles. The van der Waals surface area contributed by atoms with Crippen LogP contribution < -0.4 is 0 Å². The van der Waals surface area contributed by atoms with Gasteiger partial charge in [0.15, 0.2) is 0 Å². The second-order valence-corrected chi connectivity index (χ2v) is 5.99. The zero-order chi connectivity index (χ0) is 15.7. The van der Waals surface area contributed by atoms with E-state index in [1.54, 1.807) is 0 Å². The van der Waals surface area contributed by atoms with Crippen molar-refractivity contribution in [2.24, 2.45) is 0 Å². The van der Waals surface area contributed by atoms with E-state index in [1.807, 2.05) is 0 Å². The van der Waals surface area contributed by atoms with Gasteiger partial charge in [0.05, 0.1) is 6.10 Å². The molecule has 1 aromatic carbocycles. The van der Waals surface area contributed by atoms with Crippen molar-refractivity contribution in [3.8, 4) is 0 Å². The summed E-state index contributed by atoms with van der Waals surface area (Å²) >= 11 is 0. The van der Waals surface area contributed by atoms with Gasteiger partial charge in [-0.3, -0.25) is 9.69 Å². The predicted octanol–water partition coefficient (Wildman–Crippen LogP) is 1.64. The monoisotopic (exact) mass is 310 g/mol. The Labute approximate surface area is 128 Å². The van der Waals surface area contributed by atoms with Crippen LogP contribution in [-0.4, -0.2) is 59.1 Å². The van der Waals surface area contributed by atoms with Crippen LogP contribution in [0, 0.1) is 11.6 Å². The van der Waals surface area contributed by atoms with Crippen LogP contribution in [0.2, 0.25) is 0 Å². The molecule has 1 saturated heterocycles. The molecule has 120 valence electrons. The lowest BCUT2D eigenvalue weighted by Crippen LogP contribution is -2.53. The van der Waals surface area contributed by atoms with Crippen LogP contribution in [0.4, 0.5) is 8.78 Å². The molecule has 4 nitrogen and oxygen atoms in total. The second kappa shape index (κ2) is 6.30. The van der Waals surface area contributed by atoms with E-state index >= 15 is 0 Å². The fraction of sp³-hybridized carbons (Fsp3) is 0.562. The molecule has 0 aromatic heterocycles. The molecule has 1 saturated carbocycles. The number of hydrogen-bond acceptors (Lipinski definition) is 3. The first-order valence-corrected chi connectivity index (χ1v) is 7.73. The number of halogens is 2. The van der Waals surface area contributed by atoms with Crippen molar-refractivity contribution < 1.29 is 18.7 Å². The molecule has 22 heavy (non-hydrogen) atoms. The van der Waals surface area contributed by atoms with Gasteiger partial charge in [-0.25, -0.2) is 8.78 Å². The Morgan fingerprint density at radius 1 is 1.09 bits per heavy atom. The van der Waals surface area contributed by atoms with Crippen LogP contribution in [0.3, 0.4) is 0 Å². The van der Waals surface area contributed by atoms with Gasteiger partial charge in [0.1, 0.15) is 17.2 Å². The molecular formula is C16H20F2N2O2. The van der Waals surface area contributed by atoms with Crippen molar-refractivity contribution in [2.75, 3.05) is 26.2 Å². The molecule has 0 bridgehead atoms. The molecular weight excluding hydrogens is 290 g/mol. The highest BCUT2D eigenvalue weighted by molar-refractivity contribution is 5.94. The van der Waals surface area contributed by atoms with Crippen molar-refractivity contribution in [3.63, 3.8) is 0 Å². The number of nitrogens with zero attached hydrogens (tertiary/aromatic N) is 2. The average molecular weight is 310 g/mol. The third kappa shape index (κ3) is 2.85. The third-order valence-electron chi connectivity index (χ3n) is 4.69. The maximum absolute atomic E-state index is 13.7. The van der Waals surface area contributed by atoms with E-state index in [-0.39, 0.29) is 12.1 Å². The molecule has 2 atom stereocenters. The first-order chi connectivity index (χ1) is 10.6. The van der Waals surface area contributed by atoms with E-state index in [0.717, 1.165) is 31.4 Å². The lowest BCUT2D eigenvalue weighted by molar-refractivity contribution is 0.0311. The van der Waals surface area contributed by atoms with Gasteiger partial charge in [-0.15, -0.1) is 0 Å². The largest absolute Gasteiger partial charge is 0.391 e. The summed E-state index contributed by atoms with van der Waals surface area (Å²) in [4.78, 5) is 16.0. The van der Waals surface area contributed by atoms with Crippen LogP contribution in [0.15, 0.2) is 18.2 Å². The van der Waals surface area contributed by atoms with E-state index in [2.05, 4.69) is 4.90 Å². The summed E-state index contributed by atoms with van der Waals surface area (Å²) in [6, 6.07) is 3.60. The zero-order valence-corrected chi connectivity index (χ0v) is 12.3. The Kier molecular flexibility index (Phi) is 4.40. The number of piperazine rings is 1. The summed E-state index contributed by atoms with van der Waals surface area (Å²) in [7, 11) is 0. The van der Waals surface area contributed by atoms with Gasteiger partial charge in [-0.2, -0.15) is 0 Å². The van der Waals surface area contributed by atoms with Crippen molar-refractivity contribution in [1.29, 1.82) is 0 Å². The normalized spacial score (nSPS) is 26.4. The number of benzene rings is 1. The lowest BCUT2D eigenvalue weighted by atomic mass is 10.1. The summed E-state index contributed by atoms with van der Waals surface area (Å²) in [5, 5.41) is 9.95. The SMILES string of the molecule is O=C(c1c(F)cccc1F)N1CCN([C@@H]2CCC[C@H]2O)CC1. The van der Waals surface area contributed by atoms with E-state index in [4.69, 9.17) is 0 Å². The van der Waals surface area contributed by atoms with Gasteiger partial charge >= 0.3 is 0 Å². The van der Waals surface area contributed by atoms with Crippen molar-refractivity contribution >= 4 is 5.91 Å². The van der Waals surface area contributed by atoms with Crippen LogP contribution in [0.5, 0.6) is 0 Å². The summed E-state index contributed by atoms with van der Waals surface area (Å²) in [5.74, 6) is -2.24. The zero-order valence-electron chi connectivity index (χ0n) is 12.3. The standard InChI is InChI=1S/C16H20F2N2O2/c17-11-3-1-4-12(18)15(11)16(22)20-9-7-19(8-10-20)13-5-2-6-14(13)21/h1,3-4,13-14,21H,2,5-10H2/t13-,14-/m1/s1. The number of aliphatic hydroxyl groups excluding tert-OH is 1. The van der Waals surface area contributed by atoms with Gasteiger partial charge < -0.3 is 10.0 Å². The maximum Gasteiger partial charge on any atom is 0.259 e. The molecule has 2 aliphatic rings. The van der Waals surface area contributed by atoms with Crippen molar-refractivity contribution in [1.82, 2.24) is 9.80 Å². The first kappa shape index (κ1) is 15.4. The Morgan fingerprint density at radius 3 is 2.27 bits per heavy atom. The highest BCUT2D eigenvalue weighted by Gasteiger charge is 2.34. The lowest BCUT2D eigenvalue weighted by Gasteiger charge is -2.39. The number of carbonyl (C=O) groups excluding carboxylic acids is 1. The molecule has 1 aliphatic heterocycles. The van der Waals surface area contributed by atoms with Gasteiger partial charge in [0.2, 0.25) is 0 Å². The number of carbonyl (C=O) groups is 1. The predicted molar refractivity (Wildman–Crippen MR) is 77.5 cm³/mol. The molecule has 0 radical (unpaired) electrons. The third-order valence-corrected chi connectivity index (χ3v) is 4.69. The van der Waals surface area contributed by atoms with Crippen LogP contribution in [0.1, 0.15) is 29.6 Å². The summed E-state index contributed by atoms with van der Waals surface area (Å²) < 4.78 is 27.4. The van der Waals surface area contributed by atoms with Crippen LogP contribution >= 0.6 is 0 Å². The molecule has 1 aromatic rings. The molecule has 1 aliphatic carbocycles. The second-order valence-electron chi connectivity index (χ2n) is 5.99. The van der Waals surface area contributed by atoms with E-state index < -0.39 is 23.1 Å². The van der Waals surface area contributed by atoms with Gasteiger partial charge in [0.25, 0.3) is 5.91 Å². The first-order valence-electron chi connectivity index (χ1n) is 7.73. The fourth-order valence-electron chi connectivity index (χ4n) is 3.46. The van der Waals surface area contributed by atoms with Crippen LogP contribution in [0.25, 0.3) is 0 Å². The number of amides is 1. The molecule has 2 fully saturated rings. The molecule has 1 N–H and O–H groups in total. The number of aliphatic hydroxyl groups is 1. The smallest absolute Gasteiger partial charge is 0.259 e. The minimum Gasteiger partial charge on any atom is -0.391 e. The quantitative estimate of drug-likeness (QED) is 0.903. The average Bonchev–Trinajstić information content (AvgIpc) is 2.93. The number of hydrogen-bond donors (Lipinski definition) is 1. The molecule has 0 unspecified atom stereocenters. The fourth-order valence-corrected chi connectivity index (χ4v) is 3.46. The van der Waals surface area contributed by atoms with Crippen molar-refractivity contribution in [2.45, 2.75) is 31.4 Å². The molecule has 1 amide bonds. The molecule has 6 heteroatoms. The Bertz CT molecular complexity index is 539. The Hall–Kier alpha value is -1.53. The van der Waals surface area contributed by atoms with Gasteiger partial charge in [-0.1, -0.05) is 6.07 Å². The summed E-state index contributed by atoms with van der Waals surface area (Å²) in [6.07, 6.45) is 2.51. The van der Waals surface area contributed by atoms with Crippen molar-refractivity contribution in [3.05, 3.63) is 35.4 Å². The highest BCUT2D eigenvalue weighted by Crippen LogP contribution is 2.25. The van der Waals surface area contributed by atoms with E-state index in [0.29, 0.717) is 26.2 Å². The highest BCUT2D eigenvalue weighted by atomic mass is 19.1. The summed E-state index contributed by atoms with van der Waals surface area (Å²) in [5.41, 5.74) is -0.475. The maximum atomic E-state index is 13.7. The minimum absolute atomic E-state index is 0.155. The van der Waals surface area contributed by atoms with E-state index in [1.165, 1.54) is 11.0 Å². The molecule has 0 spiro atoms.